The van der Waals surface area contributed by atoms with Crippen LogP contribution in [0.4, 0.5) is 0 Å². The minimum absolute atomic E-state index is 0.160. The average molecular weight is 491 g/mol. The van der Waals surface area contributed by atoms with E-state index in [-0.39, 0.29) is 12.8 Å². The molecular formula is C18H29N5O11. The molecule has 0 saturated carbocycles. The molecule has 0 aromatic heterocycles. The van der Waals surface area contributed by atoms with Gasteiger partial charge in [-0.25, -0.2) is 4.79 Å². The highest BCUT2D eigenvalue weighted by molar-refractivity contribution is 5.96. The van der Waals surface area contributed by atoms with Gasteiger partial charge in [0.05, 0.1) is 18.6 Å². The second-order valence-corrected chi connectivity index (χ2v) is 7.33. The van der Waals surface area contributed by atoms with E-state index in [1.807, 2.05) is 10.6 Å². The molecule has 0 rings (SSSR count). The van der Waals surface area contributed by atoms with Gasteiger partial charge in [0, 0.05) is 12.8 Å². The van der Waals surface area contributed by atoms with Crippen molar-refractivity contribution in [1.82, 2.24) is 16.0 Å². The fourth-order valence-electron chi connectivity index (χ4n) is 2.54. The Kier molecular flexibility index (Phi) is 12.8. The molecule has 0 radical (unpaired) electrons. The number of hydrogen-bond acceptors (Lipinski definition) is 9. The monoisotopic (exact) mass is 491 g/mol. The molecule has 0 saturated heterocycles. The van der Waals surface area contributed by atoms with Crippen LogP contribution in [0, 0.1) is 0 Å². The Labute approximate surface area is 193 Å². The Hall–Kier alpha value is -3.79. The third kappa shape index (κ3) is 11.7. The molecule has 0 aliphatic rings. The lowest BCUT2D eigenvalue weighted by Gasteiger charge is -2.25. The van der Waals surface area contributed by atoms with Gasteiger partial charge in [-0.05, 0) is 19.8 Å². The summed E-state index contributed by atoms with van der Waals surface area (Å²) in [5.41, 5.74) is 10.6. The number of carboxylic acids is 3. The van der Waals surface area contributed by atoms with E-state index in [0.29, 0.717) is 0 Å². The van der Waals surface area contributed by atoms with Gasteiger partial charge < -0.3 is 47.8 Å². The average Bonchev–Trinajstić information content (AvgIpc) is 2.70. The zero-order valence-electron chi connectivity index (χ0n) is 18.2. The lowest BCUT2D eigenvalue weighted by molar-refractivity contribution is -0.144. The minimum Gasteiger partial charge on any atom is -0.481 e. The van der Waals surface area contributed by atoms with Gasteiger partial charge in [0.1, 0.15) is 18.1 Å². The molecule has 0 heterocycles. The summed E-state index contributed by atoms with van der Waals surface area (Å²) in [4.78, 5) is 81.0. The van der Waals surface area contributed by atoms with Gasteiger partial charge in [-0.2, -0.15) is 0 Å². The molecule has 34 heavy (non-hydrogen) atoms. The molecule has 16 heteroatoms. The van der Waals surface area contributed by atoms with Crippen LogP contribution in [0.2, 0.25) is 0 Å². The first-order valence-electron chi connectivity index (χ1n) is 9.95. The van der Waals surface area contributed by atoms with Crippen molar-refractivity contribution in [3.05, 3.63) is 0 Å². The molecule has 0 bridgehead atoms. The third-order valence-electron chi connectivity index (χ3n) is 4.37. The number of nitrogens with two attached hydrogens (primary N) is 2. The first kappa shape index (κ1) is 30.2. The number of hydrogen-bond donors (Lipinski definition) is 9. The number of carboxylic acid groups (broad SMARTS) is 3. The Morgan fingerprint density at radius 1 is 0.765 bits per heavy atom. The standard InChI is InChI=1S/C18H29N5O11/c1-7(24)14(23-15(30)8(19)2-4-11(20)25)17(32)22-10(6-13(28)29)16(31)21-9(18(33)34)3-5-12(26)27/h7-10,14,24H,2-6,19H2,1H3,(H2,20,25)(H,21,31)(H,22,32)(H,23,30)(H,26,27)(H,28,29)(H,33,34). The van der Waals surface area contributed by atoms with E-state index in [1.54, 1.807) is 0 Å². The Morgan fingerprint density at radius 3 is 1.76 bits per heavy atom. The SMILES string of the molecule is CC(O)C(NC(=O)C(N)CCC(N)=O)C(=O)NC(CC(=O)O)C(=O)NC(CCC(=O)O)C(=O)O. The number of aliphatic hydroxyl groups is 1. The number of rotatable bonds is 16. The normalized spacial score (nSPS) is 15.0. The maximum Gasteiger partial charge on any atom is 0.326 e. The summed E-state index contributed by atoms with van der Waals surface area (Å²) in [6.45, 7) is 1.11. The van der Waals surface area contributed by atoms with Crippen LogP contribution in [0.15, 0.2) is 0 Å². The molecule has 0 aromatic rings. The predicted octanol–water partition coefficient (Wildman–Crippen LogP) is -4.16. The lowest BCUT2D eigenvalue weighted by Crippen LogP contribution is -2.60. The molecule has 0 aliphatic heterocycles. The van der Waals surface area contributed by atoms with Crippen molar-refractivity contribution in [1.29, 1.82) is 0 Å². The highest BCUT2D eigenvalue weighted by Crippen LogP contribution is 2.04. The number of amides is 4. The number of primary amides is 1. The Balaban J connectivity index is 5.43. The topological polar surface area (TPSA) is 289 Å². The number of aliphatic carboxylic acids is 3. The summed E-state index contributed by atoms with van der Waals surface area (Å²) in [7, 11) is 0. The number of nitrogens with one attached hydrogen (secondary N) is 3. The van der Waals surface area contributed by atoms with E-state index in [9.17, 15) is 38.7 Å². The number of carbonyl (C=O) groups excluding carboxylic acids is 4. The molecule has 0 fully saturated rings. The zero-order chi connectivity index (χ0) is 26.6. The Bertz CT molecular complexity index is 801. The Morgan fingerprint density at radius 2 is 1.32 bits per heavy atom. The lowest BCUT2D eigenvalue weighted by atomic mass is 10.1. The van der Waals surface area contributed by atoms with Crippen molar-refractivity contribution in [2.75, 3.05) is 0 Å². The van der Waals surface area contributed by atoms with Crippen molar-refractivity contribution in [3.8, 4) is 0 Å². The van der Waals surface area contributed by atoms with Gasteiger partial charge in [0.2, 0.25) is 23.6 Å². The number of aliphatic hydroxyl groups excluding tert-OH is 1. The summed E-state index contributed by atoms with van der Waals surface area (Å²) in [6, 6.07) is -6.49. The molecule has 11 N–H and O–H groups in total. The maximum atomic E-state index is 12.6. The van der Waals surface area contributed by atoms with Crippen LogP contribution in [0.25, 0.3) is 0 Å². The highest BCUT2D eigenvalue weighted by Gasteiger charge is 2.33. The molecular weight excluding hydrogens is 462 g/mol. The molecule has 5 unspecified atom stereocenters. The predicted molar refractivity (Wildman–Crippen MR) is 111 cm³/mol. The van der Waals surface area contributed by atoms with E-state index < -0.39 is 91.1 Å². The largest absolute Gasteiger partial charge is 0.481 e. The van der Waals surface area contributed by atoms with Crippen molar-refractivity contribution in [2.45, 2.75) is 69.3 Å². The van der Waals surface area contributed by atoms with Crippen LogP contribution >= 0.6 is 0 Å². The van der Waals surface area contributed by atoms with Crippen LogP contribution in [0.3, 0.4) is 0 Å². The summed E-state index contributed by atoms with van der Waals surface area (Å²) in [6.07, 6.45) is -4.05. The highest BCUT2D eigenvalue weighted by atomic mass is 16.4. The van der Waals surface area contributed by atoms with Crippen LogP contribution < -0.4 is 27.4 Å². The van der Waals surface area contributed by atoms with Crippen molar-refractivity contribution < 1.29 is 54.0 Å². The van der Waals surface area contributed by atoms with Gasteiger partial charge in [-0.1, -0.05) is 0 Å². The maximum absolute atomic E-state index is 12.6. The summed E-state index contributed by atoms with van der Waals surface area (Å²) in [5, 5.41) is 42.8. The smallest absolute Gasteiger partial charge is 0.326 e. The van der Waals surface area contributed by atoms with Crippen molar-refractivity contribution in [2.24, 2.45) is 11.5 Å². The fraction of sp³-hybridized carbons (Fsp3) is 0.611. The molecule has 5 atom stereocenters. The van der Waals surface area contributed by atoms with Gasteiger partial charge in [-0.3, -0.25) is 28.8 Å². The molecule has 0 aliphatic carbocycles. The molecule has 4 amide bonds. The van der Waals surface area contributed by atoms with E-state index in [2.05, 4.69) is 5.32 Å². The first-order chi connectivity index (χ1) is 15.6. The van der Waals surface area contributed by atoms with Gasteiger partial charge >= 0.3 is 17.9 Å². The summed E-state index contributed by atoms with van der Waals surface area (Å²) < 4.78 is 0. The fourth-order valence-corrected chi connectivity index (χ4v) is 2.54. The van der Waals surface area contributed by atoms with Gasteiger partial charge in [-0.15, -0.1) is 0 Å². The number of carbonyl (C=O) groups is 7. The molecule has 0 aromatic carbocycles. The summed E-state index contributed by atoms with van der Waals surface area (Å²) >= 11 is 0. The quantitative estimate of drug-likeness (QED) is 0.0993. The van der Waals surface area contributed by atoms with Crippen LogP contribution in [0.1, 0.15) is 39.0 Å². The van der Waals surface area contributed by atoms with Crippen LogP contribution in [-0.2, 0) is 33.6 Å². The van der Waals surface area contributed by atoms with E-state index in [4.69, 9.17) is 26.8 Å². The van der Waals surface area contributed by atoms with Crippen LogP contribution in [0.5, 0.6) is 0 Å². The van der Waals surface area contributed by atoms with E-state index in [1.165, 1.54) is 0 Å². The summed E-state index contributed by atoms with van der Waals surface area (Å²) in [5.74, 6) is -8.58. The third-order valence-corrected chi connectivity index (χ3v) is 4.37. The van der Waals surface area contributed by atoms with Crippen molar-refractivity contribution >= 4 is 41.5 Å². The first-order valence-corrected chi connectivity index (χ1v) is 9.95. The van der Waals surface area contributed by atoms with Crippen molar-refractivity contribution in [3.63, 3.8) is 0 Å². The zero-order valence-corrected chi connectivity index (χ0v) is 18.2. The molecule has 192 valence electrons. The second kappa shape index (κ2) is 14.4. The van der Waals surface area contributed by atoms with Gasteiger partial charge in [0.15, 0.2) is 0 Å². The van der Waals surface area contributed by atoms with Gasteiger partial charge in [0.25, 0.3) is 0 Å². The molecule has 0 spiro atoms. The minimum atomic E-state index is -1.83. The van der Waals surface area contributed by atoms with Crippen LogP contribution in [-0.4, -0.2) is 92.2 Å². The van der Waals surface area contributed by atoms with E-state index in [0.717, 1.165) is 6.92 Å². The molecule has 16 nitrogen and oxygen atoms in total. The second-order valence-electron chi connectivity index (χ2n) is 7.33. The van der Waals surface area contributed by atoms with E-state index >= 15 is 0 Å².